The molecule has 2 N–H and O–H groups in total. The predicted molar refractivity (Wildman–Crippen MR) is 128 cm³/mol. The summed E-state index contributed by atoms with van der Waals surface area (Å²) < 4.78 is 5.59. The van der Waals surface area contributed by atoms with Gasteiger partial charge in [-0.1, -0.05) is 24.3 Å². The number of hydrogen-bond acceptors (Lipinski definition) is 5. The fraction of sp³-hybridized carbons (Fsp3) is 0.286. The summed E-state index contributed by atoms with van der Waals surface area (Å²) in [4.78, 5) is 15.6. The Morgan fingerprint density at radius 3 is 2.62 bits per heavy atom. The number of benzene rings is 1. The second kappa shape index (κ2) is 11.4. The van der Waals surface area contributed by atoms with Gasteiger partial charge >= 0.3 is 0 Å². The van der Waals surface area contributed by atoms with Crippen molar-refractivity contribution in [3.63, 3.8) is 0 Å². The topological polar surface area (TPSA) is 78.6 Å². The standard InChI is InChI=1S/C21H26N6O.HI/c1-4-22-21(24-13-17-11-8-12-23-19(17)27(2)3)25-14-18-15-28-20(26-18)16-9-6-5-7-10-16;/h5-12,15H,4,13-14H2,1-3H3,(H2,22,24,25);1H. The molecule has 0 atom stereocenters. The van der Waals surface area contributed by atoms with Gasteiger partial charge in [-0.05, 0) is 25.1 Å². The van der Waals surface area contributed by atoms with Crippen LogP contribution in [0.1, 0.15) is 18.2 Å². The molecule has 0 spiro atoms. The van der Waals surface area contributed by atoms with Crippen LogP contribution in [0.2, 0.25) is 0 Å². The number of pyridine rings is 1. The Morgan fingerprint density at radius 2 is 1.90 bits per heavy atom. The van der Waals surface area contributed by atoms with E-state index in [1.54, 1.807) is 12.5 Å². The van der Waals surface area contributed by atoms with Crippen molar-refractivity contribution in [2.24, 2.45) is 4.99 Å². The summed E-state index contributed by atoms with van der Waals surface area (Å²) in [5.74, 6) is 2.26. The van der Waals surface area contributed by atoms with Crippen molar-refractivity contribution in [2.45, 2.75) is 20.0 Å². The molecule has 29 heavy (non-hydrogen) atoms. The van der Waals surface area contributed by atoms with Gasteiger partial charge in [-0.15, -0.1) is 24.0 Å². The average molecular weight is 506 g/mol. The van der Waals surface area contributed by atoms with Gasteiger partial charge in [0.1, 0.15) is 12.1 Å². The summed E-state index contributed by atoms with van der Waals surface area (Å²) in [7, 11) is 3.96. The minimum absolute atomic E-state index is 0. The number of aliphatic imine (C=N–C) groups is 1. The summed E-state index contributed by atoms with van der Waals surface area (Å²) in [5.41, 5.74) is 2.85. The van der Waals surface area contributed by atoms with E-state index in [2.05, 4.69) is 25.6 Å². The molecule has 0 aliphatic rings. The van der Waals surface area contributed by atoms with Gasteiger partial charge in [-0.25, -0.2) is 15.0 Å². The normalized spacial score (nSPS) is 10.9. The molecule has 8 heteroatoms. The molecule has 0 saturated heterocycles. The molecule has 0 aliphatic carbocycles. The van der Waals surface area contributed by atoms with Crippen molar-refractivity contribution in [1.29, 1.82) is 0 Å². The molecule has 7 nitrogen and oxygen atoms in total. The van der Waals surface area contributed by atoms with Crippen LogP contribution in [0.5, 0.6) is 0 Å². The Hall–Kier alpha value is -2.62. The summed E-state index contributed by atoms with van der Waals surface area (Å²) in [6.45, 7) is 3.87. The van der Waals surface area contributed by atoms with Crippen molar-refractivity contribution >= 4 is 35.8 Å². The van der Waals surface area contributed by atoms with Crippen molar-refractivity contribution in [1.82, 2.24) is 20.6 Å². The van der Waals surface area contributed by atoms with E-state index in [1.165, 1.54) is 0 Å². The average Bonchev–Trinajstić information content (AvgIpc) is 3.20. The first-order valence-corrected chi connectivity index (χ1v) is 9.30. The van der Waals surface area contributed by atoms with E-state index in [1.807, 2.05) is 68.4 Å². The molecular formula is C21H27IN6O. The number of nitrogens with one attached hydrogen (secondary N) is 2. The van der Waals surface area contributed by atoms with E-state index in [4.69, 9.17) is 4.42 Å². The van der Waals surface area contributed by atoms with Gasteiger partial charge in [0.2, 0.25) is 5.89 Å². The van der Waals surface area contributed by atoms with Gasteiger partial charge in [-0.2, -0.15) is 0 Å². The van der Waals surface area contributed by atoms with E-state index >= 15 is 0 Å². The van der Waals surface area contributed by atoms with Crippen LogP contribution in [0.15, 0.2) is 64.3 Å². The first-order chi connectivity index (χ1) is 13.7. The molecule has 3 rings (SSSR count). The van der Waals surface area contributed by atoms with Crippen molar-refractivity contribution in [2.75, 3.05) is 25.5 Å². The molecule has 0 saturated carbocycles. The lowest BCUT2D eigenvalue weighted by Gasteiger charge is -2.15. The van der Waals surface area contributed by atoms with Crippen LogP contribution in [0.25, 0.3) is 11.5 Å². The van der Waals surface area contributed by atoms with Gasteiger partial charge in [0, 0.05) is 38.0 Å². The zero-order valence-electron chi connectivity index (χ0n) is 16.9. The smallest absolute Gasteiger partial charge is 0.226 e. The molecular weight excluding hydrogens is 479 g/mol. The van der Waals surface area contributed by atoms with Gasteiger partial charge < -0.3 is 20.0 Å². The molecule has 0 radical (unpaired) electrons. The third-order valence-electron chi connectivity index (χ3n) is 4.05. The lowest BCUT2D eigenvalue weighted by Crippen LogP contribution is -2.36. The number of aromatic nitrogens is 2. The maximum absolute atomic E-state index is 5.59. The van der Waals surface area contributed by atoms with Crippen LogP contribution in [-0.2, 0) is 13.1 Å². The van der Waals surface area contributed by atoms with Gasteiger partial charge in [0.15, 0.2) is 5.96 Å². The highest BCUT2D eigenvalue weighted by Gasteiger charge is 2.08. The quantitative estimate of drug-likeness (QED) is 0.289. The Morgan fingerprint density at radius 1 is 1.10 bits per heavy atom. The number of hydrogen-bond donors (Lipinski definition) is 2. The third-order valence-corrected chi connectivity index (χ3v) is 4.05. The molecule has 154 valence electrons. The SMILES string of the molecule is CCNC(=NCc1cccnc1N(C)C)NCc1coc(-c2ccccc2)n1.I. The highest BCUT2D eigenvalue weighted by molar-refractivity contribution is 14.0. The summed E-state index contributed by atoms with van der Waals surface area (Å²) in [5, 5.41) is 6.56. The molecule has 0 bridgehead atoms. The molecule has 2 heterocycles. The van der Waals surface area contributed by atoms with Crippen LogP contribution >= 0.6 is 24.0 Å². The first kappa shape index (κ1) is 22.7. The zero-order chi connectivity index (χ0) is 19.8. The van der Waals surface area contributed by atoms with Crippen LogP contribution in [-0.4, -0.2) is 36.6 Å². The van der Waals surface area contributed by atoms with E-state index < -0.39 is 0 Å². The van der Waals surface area contributed by atoms with Gasteiger partial charge in [0.25, 0.3) is 0 Å². The largest absolute Gasteiger partial charge is 0.444 e. The third kappa shape index (κ3) is 6.45. The number of guanidine groups is 1. The summed E-state index contributed by atoms with van der Waals surface area (Å²) >= 11 is 0. The molecule has 1 aromatic carbocycles. The Kier molecular flexibility index (Phi) is 8.91. The lowest BCUT2D eigenvalue weighted by molar-refractivity contribution is 0.572. The lowest BCUT2D eigenvalue weighted by atomic mass is 10.2. The molecule has 0 unspecified atom stereocenters. The van der Waals surface area contributed by atoms with Crippen LogP contribution in [0, 0.1) is 0 Å². The van der Waals surface area contributed by atoms with E-state index in [0.29, 0.717) is 19.0 Å². The Bertz CT molecular complexity index is 910. The fourth-order valence-corrected chi connectivity index (χ4v) is 2.74. The minimum atomic E-state index is 0. The highest BCUT2D eigenvalue weighted by atomic mass is 127. The highest BCUT2D eigenvalue weighted by Crippen LogP contribution is 2.18. The van der Waals surface area contributed by atoms with E-state index in [9.17, 15) is 0 Å². The maximum Gasteiger partial charge on any atom is 0.226 e. The maximum atomic E-state index is 5.59. The molecule has 0 aliphatic heterocycles. The number of nitrogens with zero attached hydrogens (tertiary/aromatic N) is 4. The van der Waals surface area contributed by atoms with Crippen LogP contribution in [0.3, 0.4) is 0 Å². The monoisotopic (exact) mass is 506 g/mol. The number of anilines is 1. The van der Waals surface area contributed by atoms with Crippen molar-refractivity contribution < 1.29 is 4.42 Å². The first-order valence-electron chi connectivity index (χ1n) is 9.30. The number of oxazole rings is 1. The minimum Gasteiger partial charge on any atom is -0.444 e. The molecule has 3 aromatic rings. The fourth-order valence-electron chi connectivity index (χ4n) is 2.74. The Labute approximate surface area is 188 Å². The van der Waals surface area contributed by atoms with Crippen molar-refractivity contribution in [3.8, 4) is 11.5 Å². The van der Waals surface area contributed by atoms with E-state index in [-0.39, 0.29) is 24.0 Å². The number of halogens is 1. The molecule has 0 amide bonds. The second-order valence-electron chi connectivity index (χ2n) is 6.44. The zero-order valence-corrected chi connectivity index (χ0v) is 19.3. The Balaban J connectivity index is 0.00000300. The molecule has 0 fully saturated rings. The summed E-state index contributed by atoms with van der Waals surface area (Å²) in [6.07, 6.45) is 3.46. The second-order valence-corrected chi connectivity index (χ2v) is 6.44. The predicted octanol–water partition coefficient (Wildman–Crippen LogP) is 3.68. The van der Waals surface area contributed by atoms with Crippen molar-refractivity contribution in [3.05, 3.63) is 66.2 Å². The van der Waals surface area contributed by atoms with Crippen LogP contribution < -0.4 is 15.5 Å². The number of rotatable bonds is 7. The van der Waals surface area contributed by atoms with Crippen LogP contribution in [0.4, 0.5) is 5.82 Å². The van der Waals surface area contributed by atoms with Gasteiger partial charge in [0.05, 0.1) is 18.8 Å². The molecule has 2 aromatic heterocycles. The van der Waals surface area contributed by atoms with E-state index in [0.717, 1.165) is 35.1 Å². The summed E-state index contributed by atoms with van der Waals surface area (Å²) in [6, 6.07) is 13.8. The van der Waals surface area contributed by atoms with Gasteiger partial charge in [-0.3, -0.25) is 0 Å².